The summed E-state index contributed by atoms with van der Waals surface area (Å²) in [5, 5.41) is 11.7. The predicted molar refractivity (Wildman–Crippen MR) is 82.9 cm³/mol. The number of aliphatic hydroxyl groups excluding tert-OH is 1. The van der Waals surface area contributed by atoms with Gasteiger partial charge in [0.25, 0.3) is 0 Å². The molecule has 4 heteroatoms. The van der Waals surface area contributed by atoms with Crippen LogP contribution in [0.5, 0.6) is 5.75 Å². The van der Waals surface area contributed by atoms with Crippen molar-refractivity contribution in [1.82, 2.24) is 0 Å². The van der Waals surface area contributed by atoms with Gasteiger partial charge in [0.15, 0.2) is 0 Å². The molecule has 20 heavy (non-hydrogen) atoms. The van der Waals surface area contributed by atoms with E-state index in [1.54, 1.807) is 19.2 Å². The summed E-state index contributed by atoms with van der Waals surface area (Å²) in [4.78, 5) is 0. The molecule has 0 aliphatic heterocycles. The zero-order valence-electron chi connectivity index (χ0n) is 11.4. The largest absolute Gasteiger partial charge is 0.496 e. The summed E-state index contributed by atoms with van der Waals surface area (Å²) in [5.74, 6) is 0.716. The summed E-state index contributed by atoms with van der Waals surface area (Å²) < 4.78 is 5.30. The first kappa shape index (κ1) is 15.2. The summed E-state index contributed by atoms with van der Waals surface area (Å²) in [6.45, 7) is 1.90. The number of aliphatic hydroxyl groups is 1. The molecule has 2 aromatic rings. The maximum atomic E-state index is 10.4. The van der Waals surface area contributed by atoms with E-state index in [1.807, 2.05) is 31.2 Å². The summed E-state index contributed by atoms with van der Waals surface area (Å²) in [7, 11) is 1.60. The summed E-state index contributed by atoms with van der Waals surface area (Å²) in [6, 6.07) is 10.9. The van der Waals surface area contributed by atoms with Crippen molar-refractivity contribution in [1.29, 1.82) is 0 Å². The molecular weight excluding hydrogens is 295 g/mol. The number of rotatable bonds is 4. The Morgan fingerprint density at radius 2 is 1.95 bits per heavy atom. The average molecular weight is 311 g/mol. The van der Waals surface area contributed by atoms with Gasteiger partial charge in [0, 0.05) is 16.5 Å². The van der Waals surface area contributed by atoms with Crippen molar-refractivity contribution in [2.24, 2.45) is 0 Å². The normalized spacial score (nSPS) is 12.2. The van der Waals surface area contributed by atoms with Crippen LogP contribution < -0.4 is 4.74 Å². The van der Waals surface area contributed by atoms with Crippen molar-refractivity contribution >= 4 is 23.2 Å². The Morgan fingerprint density at radius 1 is 1.20 bits per heavy atom. The van der Waals surface area contributed by atoms with E-state index in [1.165, 1.54) is 0 Å². The molecule has 0 fully saturated rings. The van der Waals surface area contributed by atoms with E-state index in [0.717, 1.165) is 16.7 Å². The number of hydrogen-bond donors (Lipinski definition) is 1. The highest BCUT2D eigenvalue weighted by atomic mass is 35.5. The number of halogens is 2. The van der Waals surface area contributed by atoms with Crippen molar-refractivity contribution in [3.05, 3.63) is 63.1 Å². The third-order valence-electron chi connectivity index (χ3n) is 3.32. The smallest absolute Gasteiger partial charge is 0.122 e. The van der Waals surface area contributed by atoms with Crippen LogP contribution in [0.15, 0.2) is 36.4 Å². The molecule has 1 unspecified atom stereocenters. The molecule has 0 bridgehead atoms. The minimum Gasteiger partial charge on any atom is -0.496 e. The van der Waals surface area contributed by atoms with Gasteiger partial charge in [-0.25, -0.2) is 0 Å². The molecule has 2 aromatic carbocycles. The molecular formula is C16H16Cl2O2. The molecule has 1 atom stereocenters. The van der Waals surface area contributed by atoms with Gasteiger partial charge >= 0.3 is 0 Å². The molecule has 0 aliphatic rings. The highest BCUT2D eigenvalue weighted by molar-refractivity contribution is 6.31. The lowest BCUT2D eigenvalue weighted by atomic mass is 9.97. The monoisotopic (exact) mass is 310 g/mol. The van der Waals surface area contributed by atoms with Crippen LogP contribution in [0.2, 0.25) is 10.0 Å². The highest BCUT2D eigenvalue weighted by Crippen LogP contribution is 2.30. The van der Waals surface area contributed by atoms with Gasteiger partial charge < -0.3 is 9.84 Å². The second-order valence-electron chi connectivity index (χ2n) is 4.63. The summed E-state index contributed by atoms with van der Waals surface area (Å²) in [5.41, 5.74) is 2.58. The predicted octanol–water partition coefficient (Wildman–Crippen LogP) is 4.59. The van der Waals surface area contributed by atoms with E-state index in [4.69, 9.17) is 27.9 Å². The fraction of sp³-hybridized carbons (Fsp3) is 0.250. The van der Waals surface area contributed by atoms with Gasteiger partial charge in [0.05, 0.1) is 13.2 Å². The Balaban J connectivity index is 2.30. The molecule has 0 heterocycles. The van der Waals surface area contributed by atoms with Crippen LogP contribution in [-0.2, 0) is 6.42 Å². The van der Waals surface area contributed by atoms with Gasteiger partial charge in [-0.3, -0.25) is 0 Å². The zero-order valence-corrected chi connectivity index (χ0v) is 12.9. The topological polar surface area (TPSA) is 29.5 Å². The Morgan fingerprint density at radius 3 is 2.65 bits per heavy atom. The van der Waals surface area contributed by atoms with Gasteiger partial charge in [0.1, 0.15) is 5.75 Å². The molecule has 0 saturated carbocycles. The molecule has 0 aromatic heterocycles. The second-order valence-corrected chi connectivity index (χ2v) is 5.47. The second kappa shape index (κ2) is 6.49. The van der Waals surface area contributed by atoms with Crippen LogP contribution >= 0.6 is 23.2 Å². The van der Waals surface area contributed by atoms with Crippen molar-refractivity contribution in [2.75, 3.05) is 7.11 Å². The molecule has 0 radical (unpaired) electrons. The Labute approximate surface area is 128 Å². The fourth-order valence-corrected chi connectivity index (χ4v) is 2.59. The van der Waals surface area contributed by atoms with E-state index in [-0.39, 0.29) is 0 Å². The van der Waals surface area contributed by atoms with Crippen molar-refractivity contribution < 1.29 is 9.84 Å². The SMILES string of the molecule is COc1ccc(Cl)cc1CC(O)c1cccc(Cl)c1C. The number of ether oxygens (including phenoxy) is 1. The van der Waals surface area contributed by atoms with Gasteiger partial charge in [-0.1, -0.05) is 35.3 Å². The molecule has 2 nitrogen and oxygen atoms in total. The number of benzene rings is 2. The Bertz CT molecular complexity index is 611. The highest BCUT2D eigenvalue weighted by Gasteiger charge is 2.15. The lowest BCUT2D eigenvalue weighted by Gasteiger charge is -2.16. The Kier molecular flexibility index (Phi) is 4.92. The van der Waals surface area contributed by atoms with E-state index in [0.29, 0.717) is 22.2 Å². The molecule has 0 saturated heterocycles. The van der Waals surface area contributed by atoms with Gasteiger partial charge in [-0.2, -0.15) is 0 Å². The van der Waals surface area contributed by atoms with Crippen LogP contribution in [0.4, 0.5) is 0 Å². The summed E-state index contributed by atoms with van der Waals surface area (Å²) in [6.07, 6.45) is -0.230. The Hall–Kier alpha value is -1.22. The van der Waals surface area contributed by atoms with Gasteiger partial charge in [-0.15, -0.1) is 0 Å². The third-order valence-corrected chi connectivity index (χ3v) is 3.97. The maximum Gasteiger partial charge on any atom is 0.122 e. The lowest BCUT2D eigenvalue weighted by Crippen LogP contribution is -2.05. The average Bonchev–Trinajstić information content (AvgIpc) is 2.42. The lowest BCUT2D eigenvalue weighted by molar-refractivity contribution is 0.176. The molecule has 0 aliphatic carbocycles. The van der Waals surface area contributed by atoms with Gasteiger partial charge in [0.2, 0.25) is 0 Å². The first-order chi connectivity index (χ1) is 9.52. The fourth-order valence-electron chi connectivity index (χ4n) is 2.21. The minimum absolute atomic E-state index is 0.422. The number of methoxy groups -OCH3 is 1. The van der Waals surface area contributed by atoms with Crippen LogP contribution in [0.3, 0.4) is 0 Å². The number of hydrogen-bond acceptors (Lipinski definition) is 2. The van der Waals surface area contributed by atoms with Crippen molar-refractivity contribution in [3.8, 4) is 5.75 Å². The molecule has 2 rings (SSSR count). The standard InChI is InChI=1S/C16H16Cl2O2/c1-10-13(4-3-5-14(10)18)15(19)9-11-8-12(17)6-7-16(11)20-2/h3-8,15,19H,9H2,1-2H3. The van der Waals surface area contributed by atoms with E-state index in [2.05, 4.69) is 0 Å². The van der Waals surface area contributed by atoms with E-state index >= 15 is 0 Å². The molecule has 1 N–H and O–H groups in total. The molecule has 106 valence electrons. The maximum absolute atomic E-state index is 10.4. The van der Waals surface area contributed by atoms with Gasteiger partial charge in [-0.05, 0) is 47.9 Å². The third kappa shape index (κ3) is 3.26. The zero-order chi connectivity index (χ0) is 14.7. The van der Waals surface area contributed by atoms with Crippen LogP contribution in [0, 0.1) is 6.92 Å². The van der Waals surface area contributed by atoms with Crippen LogP contribution in [0.25, 0.3) is 0 Å². The van der Waals surface area contributed by atoms with Crippen LogP contribution in [-0.4, -0.2) is 12.2 Å². The van der Waals surface area contributed by atoms with E-state index in [9.17, 15) is 5.11 Å². The first-order valence-electron chi connectivity index (χ1n) is 6.28. The van der Waals surface area contributed by atoms with Crippen molar-refractivity contribution in [2.45, 2.75) is 19.4 Å². The molecule has 0 amide bonds. The molecule has 0 spiro atoms. The van der Waals surface area contributed by atoms with E-state index < -0.39 is 6.10 Å². The summed E-state index contributed by atoms with van der Waals surface area (Å²) >= 11 is 12.1. The first-order valence-corrected chi connectivity index (χ1v) is 7.04. The quantitative estimate of drug-likeness (QED) is 0.895. The van der Waals surface area contributed by atoms with Crippen LogP contribution in [0.1, 0.15) is 22.8 Å². The minimum atomic E-state index is -0.652. The van der Waals surface area contributed by atoms with Crippen molar-refractivity contribution in [3.63, 3.8) is 0 Å².